The predicted molar refractivity (Wildman–Crippen MR) is 115 cm³/mol. The van der Waals surface area contributed by atoms with E-state index in [1.165, 1.54) is 12.1 Å². The lowest BCUT2D eigenvalue weighted by Crippen LogP contribution is -2.21. The van der Waals surface area contributed by atoms with E-state index in [-0.39, 0.29) is 39.8 Å². The number of hydrogen-bond donors (Lipinski definition) is 5. The Bertz CT molecular complexity index is 1080. The largest absolute Gasteiger partial charge is 0.483 e. The lowest BCUT2D eigenvalue weighted by Gasteiger charge is -2.14. The van der Waals surface area contributed by atoms with Gasteiger partial charge in [0.2, 0.25) is 5.91 Å². The molecule has 0 aliphatic rings. The Morgan fingerprint density at radius 1 is 1.19 bits per heavy atom. The maximum atomic E-state index is 11.8. The molecule has 170 valence electrons. The van der Waals surface area contributed by atoms with E-state index in [0.29, 0.717) is 11.1 Å². The van der Waals surface area contributed by atoms with Crippen LogP contribution in [0.2, 0.25) is 5.02 Å². The fourth-order valence-corrected chi connectivity index (χ4v) is 2.75. The number of rotatable bonds is 8. The second-order valence-corrected chi connectivity index (χ2v) is 6.67. The van der Waals surface area contributed by atoms with Crippen molar-refractivity contribution >= 4 is 40.9 Å². The fourth-order valence-electron chi connectivity index (χ4n) is 2.47. The minimum Gasteiger partial charge on any atom is -0.483 e. The number of hydrogen-bond acceptors (Lipinski definition) is 7. The van der Waals surface area contributed by atoms with E-state index in [4.69, 9.17) is 48.8 Å². The van der Waals surface area contributed by atoms with Crippen LogP contribution in [0.3, 0.4) is 0 Å². The third-order valence-corrected chi connectivity index (χ3v) is 4.11. The number of carboxylic acids is 1. The molecule has 0 aliphatic heterocycles. The van der Waals surface area contributed by atoms with Crippen LogP contribution in [-0.2, 0) is 16.0 Å². The normalized spacial score (nSPS) is 9.81. The smallest absolute Gasteiger partial charge is 0.300 e. The van der Waals surface area contributed by atoms with Crippen LogP contribution in [-0.4, -0.2) is 40.3 Å². The van der Waals surface area contributed by atoms with Gasteiger partial charge in [-0.2, -0.15) is 0 Å². The SMILES string of the molecule is CC(=O)O.N=C(N)c1ccc(Cc2c(Cl)cc([N+](=O)[O-])cc2C(N)=O)c(OCC(N)=O)c1. The first-order valence-electron chi connectivity index (χ1n) is 8.68. The van der Waals surface area contributed by atoms with Crippen molar-refractivity contribution in [2.75, 3.05) is 6.61 Å². The Labute approximate surface area is 186 Å². The van der Waals surface area contributed by atoms with E-state index in [1.54, 1.807) is 6.07 Å². The van der Waals surface area contributed by atoms with Crippen molar-refractivity contribution in [1.29, 1.82) is 5.41 Å². The summed E-state index contributed by atoms with van der Waals surface area (Å²) in [5.41, 5.74) is 16.5. The van der Waals surface area contributed by atoms with Crippen molar-refractivity contribution in [1.82, 2.24) is 0 Å². The van der Waals surface area contributed by atoms with Gasteiger partial charge in [-0.05, 0) is 17.2 Å². The van der Waals surface area contributed by atoms with Crippen molar-refractivity contribution in [3.8, 4) is 5.75 Å². The van der Waals surface area contributed by atoms with E-state index in [2.05, 4.69) is 0 Å². The van der Waals surface area contributed by atoms with Crippen LogP contribution in [0.25, 0.3) is 0 Å². The number of nitro benzene ring substituents is 1. The Hall–Kier alpha value is -4.19. The van der Waals surface area contributed by atoms with Gasteiger partial charge in [-0.15, -0.1) is 0 Å². The molecular weight excluding hydrogens is 446 g/mol. The number of benzene rings is 2. The number of amidine groups is 1. The molecule has 0 spiro atoms. The van der Waals surface area contributed by atoms with Crippen LogP contribution in [0.15, 0.2) is 30.3 Å². The highest BCUT2D eigenvalue weighted by molar-refractivity contribution is 6.32. The van der Waals surface area contributed by atoms with Crippen LogP contribution in [0, 0.1) is 15.5 Å². The molecule has 8 N–H and O–H groups in total. The van der Waals surface area contributed by atoms with E-state index >= 15 is 0 Å². The third kappa shape index (κ3) is 7.57. The van der Waals surface area contributed by atoms with Crippen molar-refractivity contribution in [3.63, 3.8) is 0 Å². The molecule has 2 rings (SSSR count). The molecule has 0 radical (unpaired) electrons. The topological polar surface area (TPSA) is 226 Å². The van der Waals surface area contributed by atoms with Crippen LogP contribution >= 0.6 is 11.6 Å². The third-order valence-electron chi connectivity index (χ3n) is 3.77. The summed E-state index contributed by atoms with van der Waals surface area (Å²) in [5, 5.41) is 25.9. The van der Waals surface area contributed by atoms with Gasteiger partial charge >= 0.3 is 0 Å². The number of nitrogens with two attached hydrogens (primary N) is 3. The van der Waals surface area contributed by atoms with E-state index in [1.807, 2.05) is 0 Å². The summed E-state index contributed by atoms with van der Waals surface area (Å²) in [4.78, 5) is 42.1. The summed E-state index contributed by atoms with van der Waals surface area (Å²) < 4.78 is 5.37. The summed E-state index contributed by atoms with van der Waals surface area (Å²) in [7, 11) is 0. The van der Waals surface area contributed by atoms with Gasteiger partial charge in [-0.25, -0.2) is 0 Å². The molecule has 0 fully saturated rings. The van der Waals surface area contributed by atoms with Gasteiger partial charge in [-0.3, -0.25) is 29.9 Å². The first-order valence-corrected chi connectivity index (χ1v) is 9.05. The zero-order valence-corrected chi connectivity index (χ0v) is 17.5. The molecule has 2 amide bonds. The molecule has 2 aromatic rings. The zero-order chi connectivity index (χ0) is 24.6. The highest BCUT2D eigenvalue weighted by Gasteiger charge is 2.20. The fraction of sp³-hybridized carbons (Fsp3) is 0.158. The minimum atomic E-state index is -0.888. The number of nitrogens with one attached hydrogen (secondary N) is 1. The molecular formula is C19H20ClN5O7. The van der Waals surface area contributed by atoms with Crippen molar-refractivity contribution in [3.05, 3.63) is 67.7 Å². The Morgan fingerprint density at radius 3 is 2.25 bits per heavy atom. The van der Waals surface area contributed by atoms with E-state index < -0.39 is 29.3 Å². The molecule has 2 aromatic carbocycles. The summed E-state index contributed by atoms with van der Waals surface area (Å²) >= 11 is 6.15. The molecule has 0 saturated carbocycles. The number of carboxylic acid groups (broad SMARTS) is 1. The monoisotopic (exact) mass is 465 g/mol. The lowest BCUT2D eigenvalue weighted by molar-refractivity contribution is -0.384. The summed E-state index contributed by atoms with van der Waals surface area (Å²) in [5.74, 6) is -2.47. The van der Waals surface area contributed by atoms with Gasteiger partial charge in [0.15, 0.2) is 6.61 Å². The van der Waals surface area contributed by atoms with Crippen LogP contribution in [0.1, 0.15) is 34.0 Å². The maximum absolute atomic E-state index is 11.8. The van der Waals surface area contributed by atoms with Gasteiger partial charge in [-0.1, -0.05) is 23.7 Å². The Balaban J connectivity index is 0.00000118. The average molecular weight is 466 g/mol. The number of nitro groups is 1. The van der Waals surface area contributed by atoms with Gasteiger partial charge in [0.1, 0.15) is 11.6 Å². The first kappa shape index (κ1) is 25.8. The van der Waals surface area contributed by atoms with Gasteiger partial charge in [0, 0.05) is 31.0 Å². The second-order valence-electron chi connectivity index (χ2n) is 6.26. The number of non-ortho nitro benzene ring substituents is 1. The van der Waals surface area contributed by atoms with Crippen molar-refractivity contribution < 1.29 is 29.2 Å². The number of ether oxygens (including phenoxy) is 1. The second kappa shape index (κ2) is 11.3. The quantitative estimate of drug-likeness (QED) is 0.164. The lowest BCUT2D eigenvalue weighted by atomic mass is 9.97. The molecule has 13 heteroatoms. The Morgan fingerprint density at radius 2 is 1.78 bits per heavy atom. The van der Waals surface area contributed by atoms with Crippen LogP contribution in [0.5, 0.6) is 5.75 Å². The Kier molecular flexibility index (Phi) is 9.10. The zero-order valence-electron chi connectivity index (χ0n) is 16.8. The molecule has 0 atom stereocenters. The highest BCUT2D eigenvalue weighted by atomic mass is 35.5. The minimum absolute atomic E-state index is 0.0153. The summed E-state index contributed by atoms with van der Waals surface area (Å²) in [6.07, 6.45) is 0.0153. The molecule has 0 aliphatic carbocycles. The standard InChI is InChI=1S/C17H16ClN5O5.C2H4O2/c18-13-6-10(23(26)27)5-12(17(22)25)11(13)3-8-1-2-9(16(20)21)4-14(8)28-7-15(19)24;1-2(3)4/h1-2,4-6H,3,7H2,(H2,19,24)(H3,20,21)(H2,22,25);1H3,(H,3,4). The first-order chi connectivity index (χ1) is 14.8. The molecule has 32 heavy (non-hydrogen) atoms. The average Bonchev–Trinajstić information content (AvgIpc) is 2.67. The number of carbonyl (C=O) groups is 3. The molecule has 0 saturated heterocycles. The molecule has 0 heterocycles. The molecule has 12 nitrogen and oxygen atoms in total. The molecule has 0 unspecified atom stereocenters. The van der Waals surface area contributed by atoms with Crippen LogP contribution < -0.4 is 21.9 Å². The predicted octanol–water partition coefficient (Wildman–Crippen LogP) is 1.18. The van der Waals surface area contributed by atoms with Gasteiger partial charge in [0.25, 0.3) is 17.6 Å². The number of halogens is 1. The maximum Gasteiger partial charge on any atom is 0.300 e. The number of amides is 2. The summed E-state index contributed by atoms with van der Waals surface area (Å²) in [6, 6.07) is 6.69. The van der Waals surface area contributed by atoms with Gasteiger partial charge < -0.3 is 27.0 Å². The number of carbonyl (C=O) groups excluding carboxylic acids is 2. The van der Waals surface area contributed by atoms with Crippen molar-refractivity contribution in [2.24, 2.45) is 17.2 Å². The highest BCUT2D eigenvalue weighted by Crippen LogP contribution is 2.31. The number of nitrogens with zero attached hydrogens (tertiary/aromatic N) is 1. The van der Waals surface area contributed by atoms with Crippen molar-refractivity contribution in [2.45, 2.75) is 13.3 Å². The number of primary amides is 2. The molecule has 0 bridgehead atoms. The van der Waals surface area contributed by atoms with E-state index in [9.17, 15) is 19.7 Å². The molecule has 0 aromatic heterocycles. The van der Waals surface area contributed by atoms with Crippen LogP contribution in [0.4, 0.5) is 5.69 Å². The van der Waals surface area contributed by atoms with Gasteiger partial charge in [0.05, 0.1) is 15.5 Å². The summed E-state index contributed by atoms with van der Waals surface area (Å²) in [6.45, 7) is 0.658. The number of nitrogen functional groups attached to an aromatic ring is 1. The van der Waals surface area contributed by atoms with E-state index in [0.717, 1.165) is 19.1 Å². The number of aliphatic carboxylic acids is 1.